The third kappa shape index (κ3) is 3.38. The van der Waals surface area contributed by atoms with Gasteiger partial charge in [0.15, 0.2) is 5.79 Å². The van der Waals surface area contributed by atoms with E-state index in [2.05, 4.69) is 15.3 Å². The fourth-order valence-electron chi connectivity index (χ4n) is 1.91. The van der Waals surface area contributed by atoms with Crippen molar-refractivity contribution in [3.63, 3.8) is 0 Å². The van der Waals surface area contributed by atoms with Gasteiger partial charge in [0.25, 0.3) is 0 Å². The minimum absolute atomic E-state index is 0.453. The topological polar surface area (TPSA) is 56.3 Å². The van der Waals surface area contributed by atoms with Crippen LogP contribution in [0.15, 0.2) is 6.07 Å². The number of rotatable bonds is 4. The Bertz CT molecular complexity index is 369. The molecule has 0 amide bonds. The molecule has 0 spiro atoms. The summed E-state index contributed by atoms with van der Waals surface area (Å²) in [6, 6.07) is 1.95. The lowest BCUT2D eigenvalue weighted by atomic mass is 10.2. The molecule has 1 N–H and O–H groups in total. The second-order valence-electron chi connectivity index (χ2n) is 4.48. The molecule has 0 bridgehead atoms. The maximum atomic E-state index is 5.52. The average Bonchev–Trinajstić information content (AvgIpc) is 2.64. The summed E-state index contributed by atoms with van der Waals surface area (Å²) in [6.07, 6.45) is 0.781. The second kappa shape index (κ2) is 4.98. The molecule has 0 aromatic carbocycles. The second-order valence-corrected chi connectivity index (χ2v) is 4.48. The molecule has 1 aromatic rings. The van der Waals surface area contributed by atoms with Crippen LogP contribution in [0.4, 0.5) is 5.95 Å². The molecule has 0 radical (unpaired) electrons. The Hall–Kier alpha value is -1.20. The van der Waals surface area contributed by atoms with Crippen molar-refractivity contribution in [3.8, 4) is 0 Å². The normalized spacial score (nSPS) is 18.3. The van der Waals surface area contributed by atoms with E-state index in [1.807, 2.05) is 26.8 Å². The van der Waals surface area contributed by atoms with Gasteiger partial charge in [-0.2, -0.15) is 0 Å². The van der Waals surface area contributed by atoms with Crippen LogP contribution in [0.3, 0.4) is 0 Å². The highest BCUT2D eigenvalue weighted by molar-refractivity contribution is 5.27. The van der Waals surface area contributed by atoms with E-state index in [0.717, 1.165) is 24.4 Å². The van der Waals surface area contributed by atoms with Gasteiger partial charge in [-0.15, -0.1) is 0 Å². The van der Waals surface area contributed by atoms with Crippen molar-refractivity contribution in [1.29, 1.82) is 0 Å². The Labute approximate surface area is 102 Å². The molecular weight excluding hydrogens is 218 g/mol. The van der Waals surface area contributed by atoms with Crippen LogP contribution < -0.4 is 5.32 Å². The fraction of sp³-hybridized carbons (Fsp3) is 0.667. The lowest BCUT2D eigenvalue weighted by molar-refractivity contribution is -0.144. The lowest BCUT2D eigenvalue weighted by Crippen LogP contribution is -2.28. The Morgan fingerprint density at radius 2 is 1.82 bits per heavy atom. The van der Waals surface area contributed by atoms with Gasteiger partial charge in [-0.05, 0) is 26.8 Å². The molecule has 5 heteroatoms. The van der Waals surface area contributed by atoms with Crippen LogP contribution in [0.25, 0.3) is 0 Å². The van der Waals surface area contributed by atoms with E-state index in [1.165, 1.54) is 0 Å². The SMILES string of the molecule is Cc1cc(C)nc(NCCC2(C)OCCO2)n1. The maximum Gasteiger partial charge on any atom is 0.223 e. The number of anilines is 1. The summed E-state index contributed by atoms with van der Waals surface area (Å²) in [5, 5.41) is 3.20. The molecule has 0 saturated carbocycles. The number of nitrogens with zero attached hydrogens (tertiary/aromatic N) is 2. The van der Waals surface area contributed by atoms with Crippen molar-refractivity contribution in [1.82, 2.24) is 9.97 Å². The average molecular weight is 237 g/mol. The first kappa shape index (κ1) is 12.3. The summed E-state index contributed by atoms with van der Waals surface area (Å²) in [5.74, 6) is 0.218. The predicted molar refractivity (Wildman–Crippen MR) is 64.9 cm³/mol. The standard InChI is InChI=1S/C12H19N3O2/c1-9-8-10(2)15-11(14-9)13-5-4-12(3)16-6-7-17-12/h8H,4-7H2,1-3H3,(H,13,14,15). The van der Waals surface area contributed by atoms with Crippen molar-refractivity contribution < 1.29 is 9.47 Å². The van der Waals surface area contributed by atoms with E-state index in [-0.39, 0.29) is 0 Å². The van der Waals surface area contributed by atoms with E-state index in [4.69, 9.17) is 9.47 Å². The van der Waals surface area contributed by atoms with Crippen LogP contribution in [0, 0.1) is 13.8 Å². The molecule has 0 atom stereocenters. The molecule has 1 saturated heterocycles. The first-order valence-corrected chi connectivity index (χ1v) is 5.91. The van der Waals surface area contributed by atoms with Crippen LogP contribution in [0.1, 0.15) is 24.7 Å². The third-order valence-electron chi connectivity index (χ3n) is 2.74. The molecule has 0 unspecified atom stereocenters. The molecule has 2 heterocycles. The van der Waals surface area contributed by atoms with Gasteiger partial charge < -0.3 is 14.8 Å². The van der Waals surface area contributed by atoms with Gasteiger partial charge >= 0.3 is 0 Å². The minimum Gasteiger partial charge on any atom is -0.354 e. The first-order valence-electron chi connectivity index (χ1n) is 5.91. The van der Waals surface area contributed by atoms with Gasteiger partial charge in [-0.3, -0.25) is 0 Å². The fourth-order valence-corrected chi connectivity index (χ4v) is 1.91. The highest BCUT2D eigenvalue weighted by Gasteiger charge is 2.30. The van der Waals surface area contributed by atoms with E-state index in [1.54, 1.807) is 0 Å². The molecule has 1 aromatic heterocycles. The van der Waals surface area contributed by atoms with Crippen LogP contribution in [0.5, 0.6) is 0 Å². The molecular formula is C12H19N3O2. The number of aromatic nitrogens is 2. The molecule has 94 valence electrons. The Balaban J connectivity index is 1.85. The first-order chi connectivity index (χ1) is 8.07. The monoisotopic (exact) mass is 237 g/mol. The van der Waals surface area contributed by atoms with Gasteiger partial charge in [-0.25, -0.2) is 9.97 Å². The van der Waals surface area contributed by atoms with Crippen molar-refractivity contribution in [2.75, 3.05) is 25.1 Å². The molecule has 0 aliphatic carbocycles. The zero-order valence-electron chi connectivity index (χ0n) is 10.6. The van der Waals surface area contributed by atoms with E-state index < -0.39 is 5.79 Å². The predicted octanol–water partition coefficient (Wildman–Crippen LogP) is 1.66. The smallest absolute Gasteiger partial charge is 0.223 e. The van der Waals surface area contributed by atoms with Gasteiger partial charge in [-0.1, -0.05) is 0 Å². The zero-order chi connectivity index (χ0) is 12.3. The number of nitrogens with one attached hydrogen (secondary N) is 1. The lowest BCUT2D eigenvalue weighted by Gasteiger charge is -2.22. The Morgan fingerprint density at radius 1 is 1.24 bits per heavy atom. The highest BCUT2D eigenvalue weighted by Crippen LogP contribution is 2.22. The van der Waals surface area contributed by atoms with Gasteiger partial charge in [0.2, 0.25) is 5.95 Å². The summed E-state index contributed by atoms with van der Waals surface area (Å²) in [5.41, 5.74) is 1.94. The van der Waals surface area contributed by atoms with Crippen LogP contribution in [-0.4, -0.2) is 35.5 Å². The largest absolute Gasteiger partial charge is 0.354 e. The number of hydrogen-bond donors (Lipinski definition) is 1. The Kier molecular flexibility index (Phi) is 3.59. The van der Waals surface area contributed by atoms with Crippen LogP contribution in [-0.2, 0) is 9.47 Å². The summed E-state index contributed by atoms with van der Waals surface area (Å²) < 4.78 is 11.0. The third-order valence-corrected chi connectivity index (χ3v) is 2.74. The summed E-state index contributed by atoms with van der Waals surface area (Å²) in [6.45, 7) is 7.98. The van der Waals surface area contributed by atoms with Crippen molar-refractivity contribution in [2.24, 2.45) is 0 Å². The van der Waals surface area contributed by atoms with E-state index in [9.17, 15) is 0 Å². The molecule has 5 nitrogen and oxygen atoms in total. The van der Waals surface area contributed by atoms with Crippen molar-refractivity contribution in [2.45, 2.75) is 33.0 Å². The molecule has 17 heavy (non-hydrogen) atoms. The molecule has 2 rings (SSSR count). The Morgan fingerprint density at radius 3 is 2.41 bits per heavy atom. The van der Waals surface area contributed by atoms with E-state index in [0.29, 0.717) is 19.2 Å². The van der Waals surface area contributed by atoms with Crippen LogP contribution in [0.2, 0.25) is 0 Å². The number of hydrogen-bond acceptors (Lipinski definition) is 5. The van der Waals surface area contributed by atoms with Crippen molar-refractivity contribution >= 4 is 5.95 Å². The van der Waals surface area contributed by atoms with Crippen LogP contribution >= 0.6 is 0 Å². The number of ether oxygens (including phenoxy) is 2. The quantitative estimate of drug-likeness (QED) is 0.863. The number of aryl methyl sites for hydroxylation is 2. The summed E-state index contributed by atoms with van der Waals surface area (Å²) >= 11 is 0. The molecule has 1 aliphatic rings. The molecule has 1 fully saturated rings. The minimum atomic E-state index is -0.453. The van der Waals surface area contributed by atoms with Crippen molar-refractivity contribution in [3.05, 3.63) is 17.5 Å². The van der Waals surface area contributed by atoms with Gasteiger partial charge in [0, 0.05) is 24.4 Å². The zero-order valence-corrected chi connectivity index (χ0v) is 10.6. The molecule has 1 aliphatic heterocycles. The van der Waals surface area contributed by atoms with E-state index >= 15 is 0 Å². The summed E-state index contributed by atoms with van der Waals surface area (Å²) in [4.78, 5) is 8.63. The highest BCUT2D eigenvalue weighted by atomic mass is 16.7. The van der Waals surface area contributed by atoms with Gasteiger partial charge in [0.1, 0.15) is 0 Å². The van der Waals surface area contributed by atoms with Gasteiger partial charge in [0.05, 0.1) is 13.2 Å². The maximum absolute atomic E-state index is 5.52. The summed E-state index contributed by atoms with van der Waals surface area (Å²) in [7, 11) is 0.